The van der Waals surface area contributed by atoms with Gasteiger partial charge in [-0.2, -0.15) is 0 Å². The molecule has 0 N–H and O–H groups in total. The number of para-hydroxylation sites is 1. The number of rotatable bonds is 6. The van der Waals surface area contributed by atoms with E-state index in [0.717, 1.165) is 36.7 Å². The summed E-state index contributed by atoms with van der Waals surface area (Å²) in [6.45, 7) is 1.60. The number of ether oxygens (including phenoxy) is 3. The first-order valence-corrected chi connectivity index (χ1v) is 7.97. The van der Waals surface area contributed by atoms with Crippen LogP contribution in [0.4, 0.5) is 0 Å². The maximum atomic E-state index is 5.78. The first-order chi connectivity index (χ1) is 10.9. The van der Waals surface area contributed by atoms with Crippen LogP contribution in [0.15, 0.2) is 54.6 Å². The van der Waals surface area contributed by atoms with Gasteiger partial charge in [0, 0.05) is 13.0 Å². The first kappa shape index (κ1) is 14.9. The van der Waals surface area contributed by atoms with Crippen LogP contribution in [0.25, 0.3) is 0 Å². The average Bonchev–Trinajstić information content (AvgIpc) is 2.58. The van der Waals surface area contributed by atoms with Crippen LogP contribution in [0.2, 0.25) is 0 Å². The van der Waals surface area contributed by atoms with Crippen molar-refractivity contribution in [3.05, 3.63) is 54.6 Å². The molecule has 0 radical (unpaired) electrons. The van der Waals surface area contributed by atoms with Crippen molar-refractivity contribution in [2.75, 3.05) is 13.2 Å². The summed E-state index contributed by atoms with van der Waals surface area (Å²) in [5.41, 5.74) is 0. The Bertz CT molecular complexity index is 545. The molecule has 22 heavy (non-hydrogen) atoms. The zero-order valence-corrected chi connectivity index (χ0v) is 12.7. The van der Waals surface area contributed by atoms with Gasteiger partial charge < -0.3 is 14.2 Å². The monoisotopic (exact) mass is 298 g/mol. The molecule has 1 saturated heterocycles. The van der Waals surface area contributed by atoms with E-state index in [0.29, 0.717) is 12.7 Å². The fraction of sp³-hybridized carbons (Fsp3) is 0.368. The zero-order valence-electron chi connectivity index (χ0n) is 12.7. The lowest BCUT2D eigenvalue weighted by molar-refractivity contribution is 0.00404. The van der Waals surface area contributed by atoms with Crippen LogP contribution < -0.4 is 9.47 Å². The normalized spacial score (nSPS) is 17.9. The summed E-state index contributed by atoms with van der Waals surface area (Å²) in [6.07, 6.45) is 4.96. The molecule has 2 aromatic carbocycles. The lowest BCUT2D eigenvalue weighted by atomic mass is 10.1. The molecular formula is C19H22O3. The molecule has 1 fully saturated rings. The van der Waals surface area contributed by atoms with Crippen molar-refractivity contribution in [3.8, 4) is 17.2 Å². The van der Waals surface area contributed by atoms with Gasteiger partial charge in [0.15, 0.2) is 0 Å². The molecule has 1 aliphatic rings. The van der Waals surface area contributed by atoms with Crippen molar-refractivity contribution < 1.29 is 14.2 Å². The highest BCUT2D eigenvalue weighted by molar-refractivity contribution is 5.35. The fourth-order valence-electron chi connectivity index (χ4n) is 2.57. The van der Waals surface area contributed by atoms with Gasteiger partial charge >= 0.3 is 0 Å². The van der Waals surface area contributed by atoms with E-state index in [1.54, 1.807) is 0 Å². The Morgan fingerprint density at radius 3 is 2.32 bits per heavy atom. The van der Waals surface area contributed by atoms with Crippen LogP contribution in [-0.2, 0) is 4.74 Å². The molecule has 0 aromatic heterocycles. The summed E-state index contributed by atoms with van der Waals surface area (Å²) >= 11 is 0. The SMILES string of the molecule is c1ccc(Oc2ccc(OCCC3CCCCO3)cc2)cc1. The molecule has 2 aromatic rings. The Kier molecular flexibility index (Phi) is 5.32. The third kappa shape index (κ3) is 4.50. The molecule has 1 unspecified atom stereocenters. The Balaban J connectivity index is 1.45. The predicted molar refractivity (Wildman–Crippen MR) is 86.7 cm³/mol. The van der Waals surface area contributed by atoms with Crippen LogP contribution in [0, 0.1) is 0 Å². The van der Waals surface area contributed by atoms with Gasteiger partial charge in [-0.15, -0.1) is 0 Å². The number of hydrogen-bond donors (Lipinski definition) is 0. The average molecular weight is 298 g/mol. The summed E-state index contributed by atoms with van der Waals surface area (Å²) in [7, 11) is 0. The smallest absolute Gasteiger partial charge is 0.127 e. The van der Waals surface area contributed by atoms with Crippen LogP contribution >= 0.6 is 0 Å². The highest BCUT2D eigenvalue weighted by atomic mass is 16.5. The Hall–Kier alpha value is -2.00. The van der Waals surface area contributed by atoms with Gasteiger partial charge in [-0.25, -0.2) is 0 Å². The lowest BCUT2D eigenvalue weighted by Crippen LogP contribution is -2.21. The minimum atomic E-state index is 0.370. The minimum Gasteiger partial charge on any atom is -0.493 e. The molecule has 1 aliphatic heterocycles. The highest BCUT2D eigenvalue weighted by Gasteiger charge is 2.13. The fourth-order valence-corrected chi connectivity index (χ4v) is 2.57. The van der Waals surface area contributed by atoms with Crippen LogP contribution in [-0.4, -0.2) is 19.3 Å². The number of hydrogen-bond acceptors (Lipinski definition) is 3. The third-order valence-electron chi connectivity index (χ3n) is 3.79. The van der Waals surface area contributed by atoms with Gasteiger partial charge in [-0.05, 0) is 55.7 Å². The second-order valence-corrected chi connectivity index (χ2v) is 5.51. The third-order valence-corrected chi connectivity index (χ3v) is 3.79. The maximum Gasteiger partial charge on any atom is 0.127 e. The van der Waals surface area contributed by atoms with Gasteiger partial charge in [0.05, 0.1) is 12.7 Å². The summed E-state index contributed by atoms with van der Waals surface area (Å²) < 4.78 is 17.2. The topological polar surface area (TPSA) is 27.7 Å². The van der Waals surface area contributed by atoms with Crippen LogP contribution in [0.5, 0.6) is 17.2 Å². The Morgan fingerprint density at radius 2 is 1.59 bits per heavy atom. The quantitative estimate of drug-likeness (QED) is 0.765. The van der Waals surface area contributed by atoms with Crippen molar-refractivity contribution in [1.82, 2.24) is 0 Å². The second kappa shape index (κ2) is 7.85. The molecule has 0 bridgehead atoms. The van der Waals surface area contributed by atoms with Crippen LogP contribution in [0.1, 0.15) is 25.7 Å². The van der Waals surface area contributed by atoms with E-state index < -0.39 is 0 Å². The molecule has 1 atom stereocenters. The first-order valence-electron chi connectivity index (χ1n) is 7.97. The van der Waals surface area contributed by atoms with E-state index in [1.807, 2.05) is 54.6 Å². The van der Waals surface area contributed by atoms with E-state index in [2.05, 4.69) is 0 Å². The van der Waals surface area contributed by atoms with Crippen molar-refractivity contribution in [2.45, 2.75) is 31.8 Å². The van der Waals surface area contributed by atoms with Gasteiger partial charge in [-0.3, -0.25) is 0 Å². The molecule has 1 heterocycles. The summed E-state index contributed by atoms with van der Waals surface area (Å²) in [5.74, 6) is 2.52. The van der Waals surface area contributed by atoms with Gasteiger partial charge in [0.25, 0.3) is 0 Å². The molecule has 0 amide bonds. The van der Waals surface area contributed by atoms with Gasteiger partial charge in [-0.1, -0.05) is 18.2 Å². The Labute approximate surface area is 131 Å². The van der Waals surface area contributed by atoms with E-state index in [1.165, 1.54) is 12.8 Å². The number of benzene rings is 2. The molecule has 3 heteroatoms. The maximum absolute atomic E-state index is 5.78. The molecule has 116 valence electrons. The highest BCUT2D eigenvalue weighted by Crippen LogP contribution is 2.24. The van der Waals surface area contributed by atoms with Crippen molar-refractivity contribution >= 4 is 0 Å². The summed E-state index contributed by atoms with van der Waals surface area (Å²) in [5, 5.41) is 0. The van der Waals surface area contributed by atoms with Crippen molar-refractivity contribution in [2.24, 2.45) is 0 Å². The van der Waals surface area contributed by atoms with Gasteiger partial charge in [0.2, 0.25) is 0 Å². The summed E-state index contributed by atoms with van der Waals surface area (Å²) in [6, 6.07) is 17.5. The van der Waals surface area contributed by atoms with E-state index in [-0.39, 0.29) is 0 Å². The van der Waals surface area contributed by atoms with E-state index in [4.69, 9.17) is 14.2 Å². The lowest BCUT2D eigenvalue weighted by Gasteiger charge is -2.22. The largest absolute Gasteiger partial charge is 0.493 e. The molecule has 3 nitrogen and oxygen atoms in total. The minimum absolute atomic E-state index is 0.370. The molecule has 0 saturated carbocycles. The van der Waals surface area contributed by atoms with E-state index >= 15 is 0 Å². The Morgan fingerprint density at radius 1 is 0.864 bits per heavy atom. The molecule has 0 spiro atoms. The molecule has 0 aliphatic carbocycles. The second-order valence-electron chi connectivity index (χ2n) is 5.51. The summed E-state index contributed by atoms with van der Waals surface area (Å²) in [4.78, 5) is 0. The standard InChI is InChI=1S/C19H22O3/c1-2-7-18(8-3-1)22-19-11-9-17(10-12-19)21-15-13-16-6-4-5-14-20-16/h1-3,7-12,16H,4-6,13-15H2. The van der Waals surface area contributed by atoms with Crippen molar-refractivity contribution in [1.29, 1.82) is 0 Å². The van der Waals surface area contributed by atoms with E-state index in [9.17, 15) is 0 Å². The van der Waals surface area contributed by atoms with Crippen LogP contribution in [0.3, 0.4) is 0 Å². The van der Waals surface area contributed by atoms with Crippen molar-refractivity contribution in [3.63, 3.8) is 0 Å². The molecule has 3 rings (SSSR count). The molecular weight excluding hydrogens is 276 g/mol. The zero-order chi connectivity index (χ0) is 15.0. The van der Waals surface area contributed by atoms with Gasteiger partial charge in [0.1, 0.15) is 17.2 Å². The predicted octanol–water partition coefficient (Wildman–Crippen LogP) is 4.82.